The number of nitrogens with one attached hydrogen (secondary N) is 3. The number of nitrogens with zero attached hydrogens (tertiary/aromatic N) is 1. The lowest BCUT2D eigenvalue weighted by Gasteiger charge is -2.36. The van der Waals surface area contributed by atoms with E-state index in [1.165, 1.54) is 6.92 Å². The van der Waals surface area contributed by atoms with Gasteiger partial charge >= 0.3 is 0 Å². The van der Waals surface area contributed by atoms with E-state index in [1.807, 2.05) is 11.9 Å². The molecular weight excluding hydrogens is 234 g/mol. The van der Waals surface area contributed by atoms with Crippen molar-refractivity contribution in [3.8, 4) is 0 Å². The maximum atomic E-state index is 11.9. The number of hydrogen-bond donors (Lipinski definition) is 4. The number of rotatable bonds is 5. The first-order valence-corrected chi connectivity index (χ1v) is 6.00. The van der Waals surface area contributed by atoms with Gasteiger partial charge in [0.05, 0.1) is 12.1 Å². The highest BCUT2D eigenvalue weighted by Crippen LogP contribution is 2.11. The van der Waals surface area contributed by atoms with Gasteiger partial charge < -0.3 is 16.4 Å². The molecule has 2 atom stereocenters. The Morgan fingerprint density at radius 2 is 2.33 bits per heavy atom. The molecule has 0 aromatic rings. The molecule has 18 heavy (non-hydrogen) atoms. The standard InChI is InChI=1S/C11H21N5O2/c1-7(17)8-6-16(2)9(10(18)15-8)4-3-5-14-11(12)13/h8-9H,3-6H2,1-2H3,(H,15,18)(H4,12,13,14)/t8-,9-/m0/s1. The van der Waals surface area contributed by atoms with E-state index in [4.69, 9.17) is 11.1 Å². The molecule has 1 amide bonds. The lowest BCUT2D eigenvalue weighted by molar-refractivity contribution is -0.135. The van der Waals surface area contributed by atoms with E-state index in [1.54, 1.807) is 0 Å². The molecule has 0 aromatic carbocycles. The van der Waals surface area contributed by atoms with Crippen LogP contribution in [-0.4, -0.2) is 54.8 Å². The summed E-state index contributed by atoms with van der Waals surface area (Å²) in [4.78, 5) is 25.0. The van der Waals surface area contributed by atoms with Gasteiger partial charge in [-0.05, 0) is 26.8 Å². The average Bonchev–Trinajstić information content (AvgIpc) is 2.26. The number of guanidine groups is 1. The molecule has 0 aromatic heterocycles. The second-order valence-electron chi connectivity index (χ2n) is 4.61. The van der Waals surface area contributed by atoms with Crippen LogP contribution in [0.1, 0.15) is 19.8 Å². The molecule has 1 aliphatic heterocycles. The summed E-state index contributed by atoms with van der Waals surface area (Å²) in [6.07, 6.45) is 1.42. The SMILES string of the molecule is CC(=O)[C@@H]1CN(C)[C@@H](CCCNC(=N)N)C(=O)N1. The normalized spacial score (nSPS) is 24.4. The fourth-order valence-corrected chi connectivity index (χ4v) is 2.03. The van der Waals surface area contributed by atoms with Crippen molar-refractivity contribution < 1.29 is 9.59 Å². The molecule has 0 saturated carbocycles. The molecule has 0 aliphatic carbocycles. The summed E-state index contributed by atoms with van der Waals surface area (Å²) in [6.45, 7) is 2.60. The van der Waals surface area contributed by atoms with E-state index in [9.17, 15) is 9.59 Å². The van der Waals surface area contributed by atoms with Gasteiger partial charge in [-0.2, -0.15) is 0 Å². The molecule has 102 valence electrons. The second kappa shape index (κ2) is 6.34. The summed E-state index contributed by atoms with van der Waals surface area (Å²) in [5, 5.41) is 12.4. The molecule has 0 radical (unpaired) electrons. The lowest BCUT2D eigenvalue weighted by atomic mass is 10.0. The second-order valence-corrected chi connectivity index (χ2v) is 4.61. The van der Waals surface area contributed by atoms with Crippen LogP contribution in [0.3, 0.4) is 0 Å². The zero-order chi connectivity index (χ0) is 13.7. The summed E-state index contributed by atoms with van der Waals surface area (Å²) < 4.78 is 0. The predicted molar refractivity (Wildman–Crippen MR) is 68.2 cm³/mol. The third kappa shape index (κ3) is 3.99. The van der Waals surface area contributed by atoms with E-state index in [0.29, 0.717) is 19.5 Å². The van der Waals surface area contributed by atoms with Gasteiger partial charge in [0.2, 0.25) is 5.91 Å². The number of amides is 1. The minimum absolute atomic E-state index is 0.0214. The summed E-state index contributed by atoms with van der Waals surface area (Å²) in [5.41, 5.74) is 5.16. The number of hydrogen-bond acceptors (Lipinski definition) is 4. The number of likely N-dealkylation sites (N-methyl/N-ethyl adjacent to an activating group) is 1. The molecule has 0 spiro atoms. The fourth-order valence-electron chi connectivity index (χ4n) is 2.03. The smallest absolute Gasteiger partial charge is 0.237 e. The van der Waals surface area contributed by atoms with Crippen LogP contribution in [0.2, 0.25) is 0 Å². The number of nitrogens with two attached hydrogens (primary N) is 1. The highest BCUT2D eigenvalue weighted by atomic mass is 16.2. The number of carbonyl (C=O) groups excluding carboxylic acids is 2. The Balaban J connectivity index is 2.40. The Kier molecular flexibility index (Phi) is 5.08. The molecule has 0 unspecified atom stereocenters. The van der Waals surface area contributed by atoms with Crippen LogP contribution in [0.5, 0.6) is 0 Å². The first kappa shape index (κ1) is 14.4. The van der Waals surface area contributed by atoms with Crippen molar-refractivity contribution in [3.63, 3.8) is 0 Å². The monoisotopic (exact) mass is 255 g/mol. The number of carbonyl (C=O) groups is 2. The first-order valence-electron chi connectivity index (χ1n) is 6.00. The first-order chi connectivity index (χ1) is 8.41. The third-order valence-corrected chi connectivity index (χ3v) is 3.08. The van der Waals surface area contributed by atoms with Crippen molar-refractivity contribution in [2.75, 3.05) is 20.1 Å². The molecule has 7 nitrogen and oxygen atoms in total. The number of Topliss-reactive ketones (excluding diaryl/α,β-unsaturated/α-hetero) is 1. The Morgan fingerprint density at radius 1 is 1.67 bits per heavy atom. The van der Waals surface area contributed by atoms with E-state index < -0.39 is 6.04 Å². The van der Waals surface area contributed by atoms with Crippen LogP contribution < -0.4 is 16.4 Å². The predicted octanol–water partition coefficient (Wildman–Crippen LogP) is -1.36. The van der Waals surface area contributed by atoms with Crippen molar-refractivity contribution in [2.45, 2.75) is 31.8 Å². The van der Waals surface area contributed by atoms with Crippen LogP contribution in [-0.2, 0) is 9.59 Å². The van der Waals surface area contributed by atoms with Gasteiger partial charge in [0.1, 0.15) is 0 Å². The lowest BCUT2D eigenvalue weighted by Crippen LogP contribution is -2.60. The minimum atomic E-state index is -0.394. The van der Waals surface area contributed by atoms with Gasteiger partial charge in [0, 0.05) is 13.1 Å². The van der Waals surface area contributed by atoms with Crippen LogP contribution in [0.25, 0.3) is 0 Å². The van der Waals surface area contributed by atoms with Crippen molar-refractivity contribution in [2.24, 2.45) is 5.73 Å². The van der Waals surface area contributed by atoms with Crippen molar-refractivity contribution in [1.82, 2.24) is 15.5 Å². The van der Waals surface area contributed by atoms with Crippen molar-refractivity contribution in [1.29, 1.82) is 5.41 Å². The molecular formula is C11H21N5O2. The van der Waals surface area contributed by atoms with E-state index in [0.717, 1.165) is 6.42 Å². The summed E-state index contributed by atoms with van der Waals surface area (Å²) in [7, 11) is 1.84. The van der Waals surface area contributed by atoms with Crippen LogP contribution in [0.15, 0.2) is 0 Å². The topological polar surface area (TPSA) is 111 Å². The van der Waals surface area contributed by atoms with Gasteiger partial charge in [-0.15, -0.1) is 0 Å². The third-order valence-electron chi connectivity index (χ3n) is 3.08. The quantitative estimate of drug-likeness (QED) is 0.275. The Bertz CT molecular complexity index is 344. The zero-order valence-electron chi connectivity index (χ0n) is 10.8. The van der Waals surface area contributed by atoms with Crippen LogP contribution in [0.4, 0.5) is 0 Å². The fraction of sp³-hybridized carbons (Fsp3) is 0.727. The Hall–Kier alpha value is -1.63. The molecule has 1 heterocycles. The Labute approximate surface area is 107 Å². The van der Waals surface area contributed by atoms with Gasteiger partial charge in [-0.25, -0.2) is 0 Å². The van der Waals surface area contributed by atoms with E-state index >= 15 is 0 Å². The van der Waals surface area contributed by atoms with Gasteiger partial charge in [0.15, 0.2) is 11.7 Å². The number of ketones is 1. The van der Waals surface area contributed by atoms with Gasteiger partial charge in [-0.1, -0.05) is 0 Å². The van der Waals surface area contributed by atoms with Crippen LogP contribution in [0, 0.1) is 5.41 Å². The van der Waals surface area contributed by atoms with Crippen molar-refractivity contribution in [3.05, 3.63) is 0 Å². The van der Waals surface area contributed by atoms with Gasteiger partial charge in [-0.3, -0.25) is 19.9 Å². The Morgan fingerprint density at radius 3 is 2.83 bits per heavy atom. The molecule has 1 fully saturated rings. The molecule has 1 saturated heterocycles. The molecule has 1 rings (SSSR count). The van der Waals surface area contributed by atoms with Crippen LogP contribution >= 0.6 is 0 Å². The minimum Gasteiger partial charge on any atom is -0.370 e. The van der Waals surface area contributed by atoms with E-state index in [2.05, 4.69) is 10.6 Å². The summed E-state index contributed by atoms with van der Waals surface area (Å²) in [5.74, 6) is -0.188. The van der Waals surface area contributed by atoms with Crippen molar-refractivity contribution >= 4 is 17.6 Å². The molecule has 5 N–H and O–H groups in total. The van der Waals surface area contributed by atoms with Gasteiger partial charge in [0.25, 0.3) is 0 Å². The highest BCUT2D eigenvalue weighted by Gasteiger charge is 2.33. The zero-order valence-corrected chi connectivity index (χ0v) is 10.8. The summed E-state index contributed by atoms with van der Waals surface area (Å²) in [6, 6.07) is -0.608. The molecule has 0 bridgehead atoms. The maximum Gasteiger partial charge on any atom is 0.237 e. The largest absolute Gasteiger partial charge is 0.370 e. The average molecular weight is 255 g/mol. The number of piperazine rings is 1. The molecule has 1 aliphatic rings. The summed E-state index contributed by atoms with van der Waals surface area (Å²) >= 11 is 0. The highest BCUT2D eigenvalue weighted by molar-refractivity contribution is 5.91. The molecule has 7 heteroatoms. The maximum absolute atomic E-state index is 11.9. The van der Waals surface area contributed by atoms with E-state index in [-0.39, 0.29) is 23.7 Å².